The van der Waals surface area contributed by atoms with Crippen LogP contribution in [0.25, 0.3) is 6.08 Å². The first-order chi connectivity index (χ1) is 18.3. The normalized spacial score (nSPS) is 15.0. The van der Waals surface area contributed by atoms with Gasteiger partial charge in [0.2, 0.25) is 5.91 Å². The van der Waals surface area contributed by atoms with E-state index in [-0.39, 0.29) is 41.0 Å². The molecular formula is C28H27ClN2O6S. The number of rotatable bonds is 10. The molecule has 2 aromatic rings. The number of halogens is 1. The molecule has 10 heteroatoms. The van der Waals surface area contributed by atoms with Gasteiger partial charge in [-0.1, -0.05) is 48.5 Å². The van der Waals surface area contributed by atoms with Crippen molar-refractivity contribution in [2.45, 2.75) is 40.2 Å². The van der Waals surface area contributed by atoms with E-state index < -0.39 is 11.9 Å². The fourth-order valence-electron chi connectivity index (χ4n) is 3.51. The average molecular weight is 555 g/mol. The van der Waals surface area contributed by atoms with E-state index in [1.165, 1.54) is 0 Å². The highest BCUT2D eigenvalue weighted by atomic mass is 35.5. The lowest BCUT2D eigenvalue weighted by Crippen LogP contribution is -2.14. The predicted octanol–water partition coefficient (Wildman–Crippen LogP) is 6.38. The third kappa shape index (κ3) is 6.97. The Morgan fingerprint density at radius 2 is 1.92 bits per heavy atom. The maximum absolute atomic E-state index is 12.5. The Morgan fingerprint density at radius 1 is 1.16 bits per heavy atom. The van der Waals surface area contributed by atoms with E-state index in [1.807, 2.05) is 19.9 Å². The van der Waals surface area contributed by atoms with Crippen LogP contribution in [0, 0.1) is 11.3 Å². The Balaban J connectivity index is 1.97. The van der Waals surface area contributed by atoms with Crippen LogP contribution < -0.4 is 9.47 Å². The minimum atomic E-state index is -0.765. The minimum absolute atomic E-state index is 0.0814. The zero-order valence-corrected chi connectivity index (χ0v) is 22.8. The van der Waals surface area contributed by atoms with Gasteiger partial charge in [0, 0.05) is 12.0 Å². The van der Waals surface area contributed by atoms with Crippen LogP contribution >= 0.6 is 23.4 Å². The molecule has 0 saturated heterocycles. The number of carbonyl (C=O) groups excluding carboxylic acids is 2. The molecule has 3 rings (SSSR count). The summed E-state index contributed by atoms with van der Waals surface area (Å²) in [5, 5.41) is 20.5. The number of amides is 1. The van der Waals surface area contributed by atoms with Crippen molar-refractivity contribution in [1.29, 1.82) is 5.26 Å². The molecule has 0 saturated carbocycles. The largest absolute Gasteiger partial charge is 0.506 e. The molecule has 38 heavy (non-hydrogen) atoms. The fraction of sp³-hybridized carbons (Fsp3) is 0.286. The zero-order valence-electron chi connectivity index (χ0n) is 21.2. The number of hydrogen-bond donors (Lipinski definition) is 1. The molecule has 0 spiro atoms. The summed E-state index contributed by atoms with van der Waals surface area (Å²) in [6.45, 7) is 5.86. The van der Waals surface area contributed by atoms with Gasteiger partial charge in [-0.2, -0.15) is 5.26 Å². The van der Waals surface area contributed by atoms with Crippen LogP contribution in [0.4, 0.5) is 0 Å². The molecule has 0 unspecified atom stereocenters. The first-order valence-electron chi connectivity index (χ1n) is 12.0. The van der Waals surface area contributed by atoms with E-state index in [9.17, 15) is 20.0 Å². The molecule has 0 bridgehead atoms. The molecule has 1 amide bonds. The second-order valence-electron chi connectivity index (χ2n) is 7.94. The van der Waals surface area contributed by atoms with Gasteiger partial charge in [0.25, 0.3) is 0 Å². The number of esters is 1. The molecular weight excluding hydrogens is 528 g/mol. The van der Waals surface area contributed by atoms with Crippen LogP contribution in [0.1, 0.15) is 50.3 Å². The van der Waals surface area contributed by atoms with Gasteiger partial charge in [0.1, 0.15) is 23.0 Å². The maximum atomic E-state index is 12.5. The highest BCUT2D eigenvalue weighted by molar-refractivity contribution is 8.18. The number of thioether (sulfide) groups is 1. The summed E-state index contributed by atoms with van der Waals surface area (Å²) in [6, 6.07) is 12.5. The van der Waals surface area contributed by atoms with Crippen molar-refractivity contribution in [2.75, 3.05) is 13.2 Å². The molecule has 2 aromatic carbocycles. The van der Waals surface area contributed by atoms with Gasteiger partial charge in [0.15, 0.2) is 11.5 Å². The van der Waals surface area contributed by atoms with Gasteiger partial charge < -0.3 is 19.3 Å². The Hall–Kier alpha value is -3.74. The second-order valence-corrected chi connectivity index (χ2v) is 9.37. The van der Waals surface area contributed by atoms with Gasteiger partial charge in [-0.25, -0.2) is 9.79 Å². The highest BCUT2D eigenvalue weighted by Crippen LogP contribution is 2.42. The molecule has 0 radical (unpaired) electrons. The Labute approximate surface area is 230 Å². The van der Waals surface area contributed by atoms with Crippen LogP contribution in [0.5, 0.6) is 11.5 Å². The second kappa shape index (κ2) is 13.7. The first-order valence-corrected chi connectivity index (χ1v) is 13.2. The lowest BCUT2D eigenvalue weighted by molar-refractivity contribution is -0.138. The molecule has 0 aliphatic carbocycles. The van der Waals surface area contributed by atoms with E-state index in [1.54, 1.807) is 43.3 Å². The number of nitriles is 1. The summed E-state index contributed by atoms with van der Waals surface area (Å²) >= 11 is 7.55. The summed E-state index contributed by atoms with van der Waals surface area (Å²) in [7, 11) is 0. The van der Waals surface area contributed by atoms with Crippen molar-refractivity contribution in [3.05, 3.63) is 74.3 Å². The number of hydrogen-bond acceptors (Lipinski definition) is 8. The van der Waals surface area contributed by atoms with Crippen molar-refractivity contribution < 1.29 is 28.9 Å². The first kappa shape index (κ1) is 28.8. The molecule has 0 atom stereocenters. The number of nitrogens with zero attached hydrogens (tertiary/aromatic N) is 2. The van der Waals surface area contributed by atoms with Crippen LogP contribution in [0.2, 0.25) is 5.02 Å². The van der Waals surface area contributed by atoms with Crippen LogP contribution in [-0.4, -0.2) is 35.2 Å². The Kier molecular flexibility index (Phi) is 10.4. The topological polar surface area (TPSA) is 118 Å². The van der Waals surface area contributed by atoms with Crippen molar-refractivity contribution in [1.82, 2.24) is 0 Å². The van der Waals surface area contributed by atoms with Crippen LogP contribution in [0.3, 0.4) is 0 Å². The van der Waals surface area contributed by atoms with Gasteiger partial charge in [-0.15, -0.1) is 0 Å². The Morgan fingerprint density at radius 3 is 2.61 bits per heavy atom. The van der Waals surface area contributed by atoms with Crippen molar-refractivity contribution in [3.63, 3.8) is 0 Å². The third-order valence-corrected chi connectivity index (χ3v) is 6.50. The lowest BCUT2D eigenvalue weighted by atomic mass is 10.1. The van der Waals surface area contributed by atoms with Crippen molar-refractivity contribution in [2.24, 2.45) is 4.99 Å². The summed E-state index contributed by atoms with van der Waals surface area (Å²) in [5.74, 6) is -0.823. The quantitative estimate of drug-likeness (QED) is 0.336. The lowest BCUT2D eigenvalue weighted by Gasteiger charge is -2.15. The summed E-state index contributed by atoms with van der Waals surface area (Å²) < 4.78 is 16.8. The van der Waals surface area contributed by atoms with E-state index in [2.05, 4.69) is 11.1 Å². The summed E-state index contributed by atoms with van der Waals surface area (Å²) in [5.41, 5.74) is 1.60. The van der Waals surface area contributed by atoms with Crippen LogP contribution in [0.15, 0.2) is 57.6 Å². The molecule has 1 aliphatic rings. The molecule has 1 aliphatic heterocycles. The zero-order chi connectivity index (χ0) is 27.7. The molecule has 0 aromatic heterocycles. The van der Waals surface area contributed by atoms with Gasteiger partial charge in [-0.3, -0.25) is 4.79 Å². The van der Waals surface area contributed by atoms with E-state index >= 15 is 0 Å². The highest BCUT2D eigenvalue weighted by Gasteiger charge is 2.33. The van der Waals surface area contributed by atoms with Crippen LogP contribution in [-0.2, 0) is 20.9 Å². The monoisotopic (exact) mass is 554 g/mol. The molecule has 0 fully saturated rings. The van der Waals surface area contributed by atoms with E-state index in [0.717, 1.165) is 11.8 Å². The SMILES string of the molecule is CCCC(=O)N=C1S/C(=C\c2cc(Cl)c(OCc3ccccc3C#N)c(OCC)c2)C(O)=C1C(=O)OCC. The molecule has 198 valence electrons. The van der Waals surface area contributed by atoms with Gasteiger partial charge in [0.05, 0.1) is 34.8 Å². The van der Waals surface area contributed by atoms with E-state index in [4.69, 9.17) is 25.8 Å². The van der Waals surface area contributed by atoms with Gasteiger partial charge >= 0.3 is 5.97 Å². The predicted molar refractivity (Wildman–Crippen MR) is 147 cm³/mol. The summed E-state index contributed by atoms with van der Waals surface area (Å²) in [4.78, 5) is 29.0. The number of aliphatic hydroxyl groups excluding tert-OH is 1. The number of ether oxygens (including phenoxy) is 3. The molecule has 8 nitrogen and oxygen atoms in total. The Bertz CT molecular complexity index is 1360. The maximum Gasteiger partial charge on any atom is 0.344 e. The number of carbonyl (C=O) groups is 2. The number of aliphatic imine (C=N–C) groups is 1. The third-order valence-electron chi connectivity index (χ3n) is 5.20. The standard InChI is InChI=1S/C28H27ClN2O6S/c1-4-9-23(32)31-27-24(28(34)36-6-3)25(33)22(38-27)14-17-12-20(29)26(21(13-17)35-5-2)37-16-19-11-8-7-10-18(19)15-30/h7-8,10-14,33H,4-6,9,16H2,1-3H3/b22-14-,31-27?. The number of aliphatic hydroxyl groups is 1. The van der Waals surface area contributed by atoms with Gasteiger partial charge in [-0.05, 0) is 50.1 Å². The van der Waals surface area contributed by atoms with Crippen molar-refractivity contribution >= 4 is 46.4 Å². The van der Waals surface area contributed by atoms with E-state index in [0.29, 0.717) is 46.1 Å². The summed E-state index contributed by atoms with van der Waals surface area (Å²) in [6.07, 6.45) is 2.42. The van der Waals surface area contributed by atoms with Crippen molar-refractivity contribution in [3.8, 4) is 17.6 Å². The minimum Gasteiger partial charge on any atom is -0.506 e. The fourth-order valence-corrected chi connectivity index (χ4v) is 4.81. The molecule has 1 heterocycles. The molecule has 1 N–H and O–H groups in total. The average Bonchev–Trinajstić information content (AvgIpc) is 3.18. The number of benzene rings is 2. The smallest absolute Gasteiger partial charge is 0.344 e.